The molecule has 0 aliphatic heterocycles. The normalized spacial score (nSPS) is 10.7. The molecule has 0 aliphatic carbocycles. The molecule has 1 aromatic heterocycles. The minimum Gasteiger partial charge on any atom is -0.487 e. The number of ether oxygens (including phenoxy) is 1. The zero-order chi connectivity index (χ0) is 14.8. The summed E-state index contributed by atoms with van der Waals surface area (Å²) >= 11 is 0. The first-order chi connectivity index (χ1) is 10.2. The first kappa shape index (κ1) is 13.1. The fourth-order valence-electron chi connectivity index (χ4n) is 2.17. The van der Waals surface area contributed by atoms with E-state index in [2.05, 4.69) is 9.97 Å². The first-order valence-electron chi connectivity index (χ1n) is 6.55. The van der Waals surface area contributed by atoms with Gasteiger partial charge in [-0.3, -0.25) is 10.1 Å². The Morgan fingerprint density at radius 3 is 2.81 bits per heavy atom. The molecule has 6 heteroatoms. The Morgan fingerprint density at radius 2 is 2.10 bits per heavy atom. The van der Waals surface area contributed by atoms with Crippen molar-refractivity contribution >= 4 is 16.7 Å². The second-order valence-corrected chi connectivity index (χ2v) is 4.48. The maximum atomic E-state index is 11.1. The number of imidazole rings is 1. The SMILES string of the molecule is CCOc1ccc(-c2nc3ccccc3[nH]2)cc1[N+](=O)[O-]. The summed E-state index contributed by atoms with van der Waals surface area (Å²) in [6.45, 7) is 2.17. The Labute approximate surface area is 120 Å². The molecule has 0 radical (unpaired) electrons. The van der Waals surface area contributed by atoms with Crippen molar-refractivity contribution in [1.82, 2.24) is 9.97 Å². The second kappa shape index (κ2) is 5.24. The zero-order valence-corrected chi connectivity index (χ0v) is 11.4. The van der Waals surface area contributed by atoms with Crippen LogP contribution >= 0.6 is 0 Å². The number of para-hydroxylation sites is 2. The number of nitrogens with zero attached hydrogens (tertiary/aromatic N) is 2. The van der Waals surface area contributed by atoms with Crippen LogP contribution in [0.25, 0.3) is 22.4 Å². The van der Waals surface area contributed by atoms with Crippen LogP contribution in [0.15, 0.2) is 42.5 Å². The Bertz CT molecular complexity index is 778. The molecule has 0 saturated carbocycles. The molecule has 2 aromatic carbocycles. The van der Waals surface area contributed by atoms with E-state index in [1.54, 1.807) is 19.1 Å². The maximum Gasteiger partial charge on any atom is 0.311 e. The van der Waals surface area contributed by atoms with E-state index in [1.165, 1.54) is 6.07 Å². The van der Waals surface area contributed by atoms with Crippen molar-refractivity contribution in [3.63, 3.8) is 0 Å². The van der Waals surface area contributed by atoms with Crippen molar-refractivity contribution < 1.29 is 9.66 Å². The number of hydrogen-bond donors (Lipinski definition) is 1. The molecule has 0 aliphatic rings. The van der Waals surface area contributed by atoms with Gasteiger partial charge in [0.25, 0.3) is 0 Å². The topological polar surface area (TPSA) is 81.0 Å². The smallest absolute Gasteiger partial charge is 0.311 e. The summed E-state index contributed by atoms with van der Waals surface area (Å²) in [5, 5.41) is 11.1. The number of rotatable bonds is 4. The zero-order valence-electron chi connectivity index (χ0n) is 11.4. The molecule has 1 heterocycles. The van der Waals surface area contributed by atoms with E-state index in [9.17, 15) is 10.1 Å². The number of nitro benzene ring substituents is 1. The Balaban J connectivity index is 2.09. The van der Waals surface area contributed by atoms with Crippen molar-refractivity contribution in [2.45, 2.75) is 6.92 Å². The minimum atomic E-state index is -0.447. The molecule has 0 fully saturated rings. The van der Waals surface area contributed by atoms with Crippen LogP contribution in [-0.2, 0) is 0 Å². The summed E-state index contributed by atoms with van der Waals surface area (Å²) in [6.07, 6.45) is 0. The standard InChI is InChI=1S/C15H13N3O3/c1-2-21-14-8-7-10(9-13(14)18(19)20)15-16-11-5-3-4-6-12(11)17-15/h3-9H,2H2,1H3,(H,16,17). The fourth-order valence-corrected chi connectivity index (χ4v) is 2.17. The van der Waals surface area contributed by atoms with Gasteiger partial charge in [-0.2, -0.15) is 0 Å². The Hall–Kier alpha value is -2.89. The van der Waals surface area contributed by atoms with Gasteiger partial charge in [0.2, 0.25) is 0 Å². The Kier molecular flexibility index (Phi) is 3.27. The predicted molar refractivity (Wildman–Crippen MR) is 79.4 cm³/mol. The van der Waals surface area contributed by atoms with Gasteiger partial charge in [-0.05, 0) is 31.2 Å². The van der Waals surface area contributed by atoms with Crippen LogP contribution in [0.5, 0.6) is 5.75 Å². The fraction of sp³-hybridized carbons (Fsp3) is 0.133. The van der Waals surface area contributed by atoms with Crippen molar-refractivity contribution in [2.75, 3.05) is 6.61 Å². The van der Waals surface area contributed by atoms with Crippen LogP contribution in [0, 0.1) is 10.1 Å². The number of fused-ring (bicyclic) bond motifs is 1. The van der Waals surface area contributed by atoms with Crippen LogP contribution in [0.3, 0.4) is 0 Å². The van der Waals surface area contributed by atoms with E-state index in [4.69, 9.17) is 4.74 Å². The average Bonchev–Trinajstić information content (AvgIpc) is 2.91. The van der Waals surface area contributed by atoms with Crippen LogP contribution in [0.4, 0.5) is 5.69 Å². The third kappa shape index (κ3) is 2.43. The van der Waals surface area contributed by atoms with Crippen molar-refractivity contribution in [3.8, 4) is 17.1 Å². The van der Waals surface area contributed by atoms with Gasteiger partial charge in [-0.25, -0.2) is 4.98 Å². The van der Waals surface area contributed by atoms with Gasteiger partial charge in [-0.15, -0.1) is 0 Å². The first-order valence-corrected chi connectivity index (χ1v) is 6.55. The van der Waals surface area contributed by atoms with E-state index in [0.717, 1.165) is 11.0 Å². The van der Waals surface area contributed by atoms with E-state index in [0.29, 0.717) is 18.0 Å². The van der Waals surface area contributed by atoms with Gasteiger partial charge in [0.05, 0.1) is 22.6 Å². The molecule has 3 rings (SSSR count). The van der Waals surface area contributed by atoms with Crippen molar-refractivity contribution in [3.05, 3.63) is 52.6 Å². The van der Waals surface area contributed by atoms with Gasteiger partial charge in [0, 0.05) is 11.6 Å². The summed E-state index contributed by atoms with van der Waals surface area (Å²) in [5.41, 5.74) is 2.31. The second-order valence-electron chi connectivity index (χ2n) is 4.48. The monoisotopic (exact) mass is 283 g/mol. The molecule has 3 aromatic rings. The molecule has 21 heavy (non-hydrogen) atoms. The molecule has 6 nitrogen and oxygen atoms in total. The highest BCUT2D eigenvalue weighted by atomic mass is 16.6. The molecule has 1 N–H and O–H groups in total. The highest BCUT2D eigenvalue weighted by Gasteiger charge is 2.17. The number of nitrogens with one attached hydrogen (secondary N) is 1. The van der Waals surface area contributed by atoms with Gasteiger partial charge >= 0.3 is 5.69 Å². The van der Waals surface area contributed by atoms with Gasteiger partial charge in [-0.1, -0.05) is 12.1 Å². The third-order valence-electron chi connectivity index (χ3n) is 3.12. The number of benzene rings is 2. The lowest BCUT2D eigenvalue weighted by Crippen LogP contribution is -1.98. The van der Waals surface area contributed by atoms with Crippen molar-refractivity contribution in [2.24, 2.45) is 0 Å². The lowest BCUT2D eigenvalue weighted by molar-refractivity contribution is -0.385. The third-order valence-corrected chi connectivity index (χ3v) is 3.12. The molecule has 0 spiro atoms. The lowest BCUT2D eigenvalue weighted by Gasteiger charge is -2.05. The van der Waals surface area contributed by atoms with Crippen LogP contribution in [0.2, 0.25) is 0 Å². The van der Waals surface area contributed by atoms with Gasteiger partial charge < -0.3 is 9.72 Å². The summed E-state index contributed by atoms with van der Waals surface area (Å²) in [4.78, 5) is 18.3. The van der Waals surface area contributed by atoms with E-state index >= 15 is 0 Å². The summed E-state index contributed by atoms with van der Waals surface area (Å²) in [6, 6.07) is 12.4. The van der Waals surface area contributed by atoms with Crippen LogP contribution in [0.1, 0.15) is 6.92 Å². The number of H-pyrrole nitrogens is 1. The summed E-state index contributed by atoms with van der Waals surface area (Å²) in [5.74, 6) is 0.865. The summed E-state index contributed by atoms with van der Waals surface area (Å²) in [7, 11) is 0. The minimum absolute atomic E-state index is 0.0604. The number of hydrogen-bond acceptors (Lipinski definition) is 4. The van der Waals surface area contributed by atoms with Crippen molar-refractivity contribution in [1.29, 1.82) is 0 Å². The maximum absolute atomic E-state index is 11.1. The van der Waals surface area contributed by atoms with E-state index < -0.39 is 4.92 Å². The van der Waals surface area contributed by atoms with Crippen LogP contribution < -0.4 is 4.74 Å². The number of nitro groups is 1. The molecule has 0 bridgehead atoms. The summed E-state index contributed by atoms with van der Waals surface area (Å²) < 4.78 is 5.28. The van der Waals surface area contributed by atoms with Crippen LogP contribution in [-0.4, -0.2) is 21.5 Å². The predicted octanol–water partition coefficient (Wildman–Crippen LogP) is 3.54. The molecule has 0 amide bonds. The largest absolute Gasteiger partial charge is 0.487 e. The molecule has 0 atom stereocenters. The molecule has 0 saturated heterocycles. The molecular formula is C15H13N3O3. The average molecular weight is 283 g/mol. The number of aromatic nitrogens is 2. The number of aromatic amines is 1. The van der Waals surface area contributed by atoms with Gasteiger partial charge in [0.15, 0.2) is 5.75 Å². The van der Waals surface area contributed by atoms with E-state index in [1.807, 2.05) is 24.3 Å². The highest BCUT2D eigenvalue weighted by molar-refractivity contribution is 5.79. The lowest BCUT2D eigenvalue weighted by atomic mass is 10.2. The molecular weight excluding hydrogens is 270 g/mol. The molecule has 106 valence electrons. The van der Waals surface area contributed by atoms with E-state index in [-0.39, 0.29) is 11.4 Å². The quantitative estimate of drug-likeness (QED) is 0.586. The highest BCUT2D eigenvalue weighted by Crippen LogP contribution is 2.32. The van der Waals surface area contributed by atoms with Gasteiger partial charge in [0.1, 0.15) is 5.82 Å². The Morgan fingerprint density at radius 1 is 1.29 bits per heavy atom. The molecule has 0 unspecified atom stereocenters.